The third-order valence-corrected chi connectivity index (χ3v) is 3.77. The molecule has 7 heteroatoms. The number of carbonyl (C=O) groups is 2. The summed E-state index contributed by atoms with van der Waals surface area (Å²) in [4.78, 5) is 36.0. The number of methoxy groups -OCH3 is 1. The van der Waals surface area contributed by atoms with Crippen LogP contribution in [0.15, 0.2) is 53.3 Å². The number of hydrogen-bond donors (Lipinski definition) is 2. The van der Waals surface area contributed by atoms with Crippen LogP contribution < -0.4 is 10.9 Å². The van der Waals surface area contributed by atoms with Crippen LogP contribution in [0.25, 0.3) is 10.8 Å². The molecule has 7 nitrogen and oxygen atoms in total. The third kappa shape index (κ3) is 3.25. The molecule has 25 heavy (non-hydrogen) atoms. The van der Waals surface area contributed by atoms with E-state index in [1.807, 2.05) is 0 Å². The van der Waals surface area contributed by atoms with Crippen molar-refractivity contribution in [3.8, 4) is 0 Å². The molecule has 2 N–H and O–H groups in total. The maximum Gasteiger partial charge on any atom is 0.338 e. The molecule has 0 atom stereocenters. The molecule has 2 aromatic carbocycles. The molecule has 0 unspecified atom stereocenters. The first kappa shape index (κ1) is 16.4. The van der Waals surface area contributed by atoms with Gasteiger partial charge in [0.25, 0.3) is 11.5 Å². The highest BCUT2D eigenvalue weighted by Crippen LogP contribution is 2.13. The average molecular weight is 337 g/mol. The van der Waals surface area contributed by atoms with Gasteiger partial charge >= 0.3 is 5.97 Å². The zero-order valence-corrected chi connectivity index (χ0v) is 13.4. The quantitative estimate of drug-likeness (QED) is 0.705. The zero-order chi connectivity index (χ0) is 17.8. The van der Waals surface area contributed by atoms with Crippen LogP contribution in [0.4, 0.5) is 0 Å². The molecule has 3 rings (SSSR count). The number of nitrogens with zero attached hydrogens (tertiary/aromatic N) is 1. The summed E-state index contributed by atoms with van der Waals surface area (Å²) in [5.41, 5.74) is 0.630. The van der Waals surface area contributed by atoms with Crippen molar-refractivity contribution < 1.29 is 14.3 Å². The Bertz CT molecular complexity index is 1010. The number of nitrogens with one attached hydrogen (secondary N) is 2. The smallest absolute Gasteiger partial charge is 0.338 e. The number of carbonyl (C=O) groups excluding carboxylic acids is 2. The molecule has 0 aliphatic heterocycles. The van der Waals surface area contributed by atoms with Gasteiger partial charge in [0.1, 0.15) is 0 Å². The Hall–Kier alpha value is -3.48. The summed E-state index contributed by atoms with van der Waals surface area (Å²) in [7, 11) is 1.26. The van der Waals surface area contributed by atoms with Gasteiger partial charge in [-0.2, -0.15) is 5.10 Å². The number of esters is 1. The van der Waals surface area contributed by atoms with Crippen molar-refractivity contribution in [3.63, 3.8) is 0 Å². The molecule has 1 amide bonds. The van der Waals surface area contributed by atoms with Crippen LogP contribution in [0.1, 0.15) is 26.4 Å². The normalized spacial score (nSPS) is 10.4. The van der Waals surface area contributed by atoms with Crippen LogP contribution in [0.3, 0.4) is 0 Å². The largest absolute Gasteiger partial charge is 0.465 e. The molecular weight excluding hydrogens is 322 g/mol. The standard InChI is InChI=1S/C18H15N3O4/c1-25-18(24)14-9-5-4-8-13(14)16(22)19-10-15-11-6-2-3-7-12(11)17(23)21-20-15/h2-9H,10H2,1H3,(H,19,22)(H,21,23). The van der Waals surface area contributed by atoms with Crippen molar-refractivity contribution in [3.05, 3.63) is 75.7 Å². The topological polar surface area (TPSA) is 101 Å². The van der Waals surface area contributed by atoms with Gasteiger partial charge < -0.3 is 10.1 Å². The van der Waals surface area contributed by atoms with Crippen LogP contribution in [0, 0.1) is 0 Å². The lowest BCUT2D eigenvalue weighted by Gasteiger charge is -2.09. The van der Waals surface area contributed by atoms with Gasteiger partial charge in [0.15, 0.2) is 0 Å². The molecular formula is C18H15N3O4. The van der Waals surface area contributed by atoms with Gasteiger partial charge in [-0.05, 0) is 18.2 Å². The van der Waals surface area contributed by atoms with Crippen molar-refractivity contribution in [1.29, 1.82) is 0 Å². The predicted octanol–water partition coefficient (Wildman–Crippen LogP) is 1.64. The number of amides is 1. The fourth-order valence-electron chi connectivity index (χ4n) is 2.53. The highest BCUT2D eigenvalue weighted by molar-refractivity contribution is 6.05. The molecule has 1 aromatic heterocycles. The van der Waals surface area contributed by atoms with E-state index >= 15 is 0 Å². The van der Waals surface area contributed by atoms with Gasteiger partial charge in [-0.15, -0.1) is 0 Å². The summed E-state index contributed by atoms with van der Waals surface area (Å²) in [5.74, 6) is -1.02. The van der Waals surface area contributed by atoms with Gasteiger partial charge in [-0.3, -0.25) is 9.59 Å². The Morgan fingerprint density at radius 1 is 1.04 bits per heavy atom. The summed E-state index contributed by atoms with van der Waals surface area (Å²) < 4.78 is 4.69. The minimum atomic E-state index is -0.585. The molecule has 126 valence electrons. The summed E-state index contributed by atoms with van der Waals surface area (Å²) >= 11 is 0. The van der Waals surface area contributed by atoms with Crippen molar-refractivity contribution in [2.75, 3.05) is 7.11 Å². The first-order valence-corrected chi connectivity index (χ1v) is 7.53. The van der Waals surface area contributed by atoms with Crippen molar-refractivity contribution >= 4 is 22.6 Å². The number of ether oxygens (including phenoxy) is 1. The number of aromatic nitrogens is 2. The van der Waals surface area contributed by atoms with Gasteiger partial charge in [0.05, 0.1) is 35.9 Å². The molecule has 1 heterocycles. The second-order valence-electron chi connectivity index (χ2n) is 5.26. The molecule has 0 saturated carbocycles. The van der Waals surface area contributed by atoms with E-state index in [9.17, 15) is 14.4 Å². The number of hydrogen-bond acceptors (Lipinski definition) is 5. The van der Waals surface area contributed by atoms with Crippen LogP contribution in [-0.2, 0) is 11.3 Å². The molecule has 0 spiro atoms. The SMILES string of the molecule is COC(=O)c1ccccc1C(=O)NCc1n[nH]c(=O)c2ccccc12. The number of rotatable bonds is 4. The molecule has 0 aliphatic carbocycles. The van der Waals surface area contributed by atoms with E-state index in [0.29, 0.717) is 16.5 Å². The second-order valence-corrected chi connectivity index (χ2v) is 5.26. The van der Waals surface area contributed by atoms with E-state index in [1.54, 1.807) is 42.5 Å². The summed E-state index contributed by atoms with van der Waals surface area (Å²) in [6, 6.07) is 13.4. The summed E-state index contributed by atoms with van der Waals surface area (Å²) in [6.45, 7) is 0.103. The van der Waals surface area contributed by atoms with Crippen molar-refractivity contribution in [2.24, 2.45) is 0 Å². The molecule has 0 radical (unpaired) electrons. The Kier molecular flexibility index (Phi) is 4.56. The van der Waals surface area contributed by atoms with E-state index in [0.717, 1.165) is 0 Å². The van der Waals surface area contributed by atoms with E-state index in [-0.39, 0.29) is 23.2 Å². The Labute approximate surface area is 142 Å². The average Bonchev–Trinajstić information content (AvgIpc) is 2.67. The lowest BCUT2D eigenvalue weighted by atomic mass is 10.1. The molecule has 3 aromatic rings. The van der Waals surface area contributed by atoms with Gasteiger partial charge in [-0.25, -0.2) is 9.89 Å². The Balaban J connectivity index is 1.86. The number of aromatic amines is 1. The van der Waals surface area contributed by atoms with Gasteiger partial charge in [-0.1, -0.05) is 30.3 Å². The number of fused-ring (bicyclic) bond motifs is 1. The Morgan fingerprint density at radius 3 is 2.40 bits per heavy atom. The number of benzene rings is 2. The van der Waals surface area contributed by atoms with Crippen LogP contribution in [-0.4, -0.2) is 29.2 Å². The lowest BCUT2D eigenvalue weighted by Crippen LogP contribution is -2.26. The van der Waals surface area contributed by atoms with E-state index in [2.05, 4.69) is 20.3 Å². The van der Waals surface area contributed by atoms with E-state index in [1.165, 1.54) is 13.2 Å². The summed E-state index contributed by atoms with van der Waals surface area (Å²) in [5, 5.41) is 10.3. The fraction of sp³-hybridized carbons (Fsp3) is 0.111. The number of H-pyrrole nitrogens is 1. The van der Waals surface area contributed by atoms with Gasteiger partial charge in [0.2, 0.25) is 0 Å². The lowest BCUT2D eigenvalue weighted by molar-refractivity contribution is 0.0596. The predicted molar refractivity (Wildman–Crippen MR) is 91.3 cm³/mol. The maximum absolute atomic E-state index is 12.4. The fourth-order valence-corrected chi connectivity index (χ4v) is 2.53. The summed E-state index contributed by atoms with van der Waals surface area (Å²) in [6.07, 6.45) is 0. The van der Waals surface area contributed by atoms with E-state index in [4.69, 9.17) is 0 Å². The molecule has 0 fully saturated rings. The van der Waals surface area contributed by atoms with Crippen LogP contribution in [0.2, 0.25) is 0 Å². The highest BCUT2D eigenvalue weighted by atomic mass is 16.5. The third-order valence-electron chi connectivity index (χ3n) is 3.77. The molecule has 0 bridgehead atoms. The van der Waals surface area contributed by atoms with Crippen molar-refractivity contribution in [1.82, 2.24) is 15.5 Å². The minimum absolute atomic E-state index is 0.103. The maximum atomic E-state index is 12.4. The Morgan fingerprint density at radius 2 is 1.68 bits per heavy atom. The monoisotopic (exact) mass is 337 g/mol. The van der Waals surface area contributed by atoms with Crippen LogP contribution in [0.5, 0.6) is 0 Å². The first-order valence-electron chi connectivity index (χ1n) is 7.53. The first-order chi connectivity index (χ1) is 12.1. The van der Waals surface area contributed by atoms with E-state index < -0.39 is 11.9 Å². The highest BCUT2D eigenvalue weighted by Gasteiger charge is 2.17. The second kappa shape index (κ2) is 6.96. The zero-order valence-electron chi connectivity index (χ0n) is 13.4. The molecule has 0 saturated heterocycles. The van der Waals surface area contributed by atoms with Crippen LogP contribution >= 0.6 is 0 Å². The molecule has 0 aliphatic rings. The minimum Gasteiger partial charge on any atom is -0.465 e. The van der Waals surface area contributed by atoms with Crippen molar-refractivity contribution in [2.45, 2.75) is 6.54 Å². The van der Waals surface area contributed by atoms with Gasteiger partial charge in [0, 0.05) is 5.39 Å².